The first kappa shape index (κ1) is 8.78. The van der Waals surface area contributed by atoms with E-state index in [1.807, 2.05) is 0 Å². The van der Waals surface area contributed by atoms with Gasteiger partial charge in [-0.3, -0.25) is 4.79 Å². The molecule has 0 aromatic carbocycles. The van der Waals surface area contributed by atoms with Crippen molar-refractivity contribution in [1.82, 2.24) is 9.97 Å². The average Bonchev–Trinajstić information content (AvgIpc) is 1.64. The number of nitrogens with two attached hydrogens (primary N) is 1. The zero-order valence-corrected chi connectivity index (χ0v) is 7.45. The monoisotopic (exact) mass is 199 g/mol. The van der Waals surface area contributed by atoms with Gasteiger partial charge in [-0.1, -0.05) is 6.20 Å². The van der Waals surface area contributed by atoms with Crippen molar-refractivity contribution in [2.24, 2.45) is 0 Å². The van der Waals surface area contributed by atoms with Gasteiger partial charge in [-0.2, -0.15) is 0 Å². The quantitative estimate of drug-likeness (QED) is 0.580. The van der Waals surface area contributed by atoms with Gasteiger partial charge < -0.3 is 15.7 Å². The van der Waals surface area contributed by atoms with Gasteiger partial charge in [0.25, 0.3) is 0 Å². The van der Waals surface area contributed by atoms with Crippen LogP contribution in [-0.4, -0.2) is 4.98 Å². The van der Waals surface area contributed by atoms with Crippen molar-refractivity contribution in [1.29, 1.82) is 0 Å². The molecular formula is C4H4N3OY-. The second-order valence-corrected chi connectivity index (χ2v) is 1.26. The molecular weight excluding hydrogens is 195 g/mol. The molecule has 0 spiro atoms. The Labute approximate surface area is 76.8 Å². The zero-order chi connectivity index (χ0) is 5.98. The van der Waals surface area contributed by atoms with Gasteiger partial charge in [0, 0.05) is 38.5 Å². The van der Waals surface area contributed by atoms with E-state index in [2.05, 4.69) is 9.97 Å². The van der Waals surface area contributed by atoms with Gasteiger partial charge in [-0.15, -0.1) is 0 Å². The van der Waals surface area contributed by atoms with Gasteiger partial charge in [-0.25, -0.2) is 0 Å². The van der Waals surface area contributed by atoms with Crippen molar-refractivity contribution in [3.8, 4) is 0 Å². The maximum Gasteiger partial charge on any atom is 0.163 e. The SMILES string of the molecule is Nc1cc[n-]c(=O)n1.[Y]. The van der Waals surface area contributed by atoms with E-state index in [1.165, 1.54) is 12.3 Å². The Bertz CT molecular complexity index is 233. The molecule has 0 fully saturated rings. The Morgan fingerprint density at radius 1 is 1.67 bits per heavy atom. The van der Waals surface area contributed by atoms with Crippen LogP contribution in [0.3, 0.4) is 0 Å². The molecule has 0 aliphatic rings. The molecule has 0 saturated carbocycles. The Kier molecular flexibility index (Phi) is 3.65. The molecule has 9 heavy (non-hydrogen) atoms. The largest absolute Gasteiger partial charge is 0.407 e. The van der Waals surface area contributed by atoms with Crippen LogP contribution in [0.5, 0.6) is 0 Å². The minimum Gasteiger partial charge on any atom is -0.407 e. The minimum absolute atomic E-state index is 0. The van der Waals surface area contributed by atoms with E-state index in [-0.39, 0.29) is 38.5 Å². The van der Waals surface area contributed by atoms with Crippen LogP contribution in [0.4, 0.5) is 5.82 Å². The molecule has 2 N–H and O–H groups in total. The van der Waals surface area contributed by atoms with E-state index >= 15 is 0 Å². The van der Waals surface area contributed by atoms with Crippen LogP contribution in [0.15, 0.2) is 17.1 Å². The van der Waals surface area contributed by atoms with Crippen LogP contribution in [0, 0.1) is 0 Å². The first-order valence-electron chi connectivity index (χ1n) is 2.04. The fourth-order valence-electron chi connectivity index (χ4n) is 0.354. The molecule has 0 amide bonds. The van der Waals surface area contributed by atoms with E-state index in [9.17, 15) is 4.79 Å². The van der Waals surface area contributed by atoms with Crippen molar-refractivity contribution >= 4 is 5.82 Å². The second-order valence-electron chi connectivity index (χ2n) is 1.26. The number of anilines is 1. The van der Waals surface area contributed by atoms with E-state index in [0.717, 1.165) is 0 Å². The molecule has 0 aliphatic carbocycles. The molecule has 45 valence electrons. The number of hydrogen-bond donors (Lipinski definition) is 1. The molecule has 0 saturated heterocycles. The number of nitrogen functional groups attached to an aromatic ring is 1. The van der Waals surface area contributed by atoms with Gasteiger partial charge in [-0.05, 0) is 6.07 Å². The van der Waals surface area contributed by atoms with Crippen LogP contribution in [0.25, 0.3) is 0 Å². The fourth-order valence-corrected chi connectivity index (χ4v) is 0.354. The fraction of sp³-hybridized carbons (Fsp3) is 0. The number of nitrogens with zero attached hydrogens (tertiary/aromatic N) is 2. The van der Waals surface area contributed by atoms with E-state index in [4.69, 9.17) is 5.73 Å². The third-order valence-corrected chi connectivity index (χ3v) is 0.655. The number of rotatable bonds is 0. The van der Waals surface area contributed by atoms with Crippen molar-refractivity contribution in [3.05, 3.63) is 22.7 Å². The number of aromatic nitrogens is 2. The average molecular weight is 199 g/mol. The van der Waals surface area contributed by atoms with E-state index in [1.54, 1.807) is 0 Å². The van der Waals surface area contributed by atoms with Gasteiger partial charge in [0.1, 0.15) is 0 Å². The summed E-state index contributed by atoms with van der Waals surface area (Å²) >= 11 is 0. The summed E-state index contributed by atoms with van der Waals surface area (Å²) in [5, 5.41) is 0. The molecule has 1 radical (unpaired) electrons. The van der Waals surface area contributed by atoms with Crippen LogP contribution in [0.1, 0.15) is 0 Å². The molecule has 0 unspecified atom stereocenters. The predicted octanol–water partition coefficient (Wildman–Crippen LogP) is -1.02. The summed E-state index contributed by atoms with van der Waals surface area (Å²) in [4.78, 5) is 16.8. The maximum atomic E-state index is 10.2. The van der Waals surface area contributed by atoms with Gasteiger partial charge in [0.15, 0.2) is 5.69 Å². The van der Waals surface area contributed by atoms with Gasteiger partial charge in [0.2, 0.25) is 0 Å². The summed E-state index contributed by atoms with van der Waals surface area (Å²) in [5.41, 5.74) is 4.57. The molecule has 1 heterocycles. The third kappa shape index (κ3) is 2.72. The summed E-state index contributed by atoms with van der Waals surface area (Å²) in [5.74, 6) is 0.213. The van der Waals surface area contributed by atoms with Crippen molar-refractivity contribution in [2.45, 2.75) is 0 Å². The summed E-state index contributed by atoms with van der Waals surface area (Å²) < 4.78 is 0. The Morgan fingerprint density at radius 3 is 2.67 bits per heavy atom. The molecule has 0 aliphatic heterocycles. The molecule has 4 nitrogen and oxygen atoms in total. The molecule has 1 aromatic rings. The molecule has 0 atom stereocenters. The van der Waals surface area contributed by atoms with Gasteiger partial charge in [0.05, 0.1) is 0 Å². The third-order valence-electron chi connectivity index (χ3n) is 0.655. The Morgan fingerprint density at radius 2 is 2.33 bits per heavy atom. The molecule has 1 aromatic heterocycles. The molecule has 1 rings (SSSR count). The Balaban J connectivity index is 0.000000640. The maximum absolute atomic E-state index is 10.2. The zero-order valence-electron chi connectivity index (χ0n) is 4.61. The Hall–Kier alpha value is -0.216. The summed E-state index contributed by atoms with van der Waals surface area (Å²) in [6.07, 6.45) is 1.32. The van der Waals surface area contributed by atoms with Crippen LogP contribution >= 0.6 is 0 Å². The van der Waals surface area contributed by atoms with Gasteiger partial charge >= 0.3 is 0 Å². The minimum atomic E-state index is -0.537. The first-order chi connectivity index (χ1) is 3.79. The summed E-state index contributed by atoms with van der Waals surface area (Å²) in [6.45, 7) is 0. The standard InChI is InChI=1S/C4H5N3O.Y/c5-3-1-2-6-4(8)7-3;/h1-2H,(H3,5,6,7,8);/p-1. The second kappa shape index (κ2) is 3.74. The molecule has 5 heteroatoms. The van der Waals surface area contributed by atoms with Crippen LogP contribution in [-0.2, 0) is 32.7 Å². The van der Waals surface area contributed by atoms with Crippen molar-refractivity contribution in [2.75, 3.05) is 5.73 Å². The van der Waals surface area contributed by atoms with Crippen LogP contribution < -0.4 is 16.4 Å². The topological polar surface area (TPSA) is 70.1 Å². The summed E-state index contributed by atoms with van der Waals surface area (Å²) in [6, 6.07) is 1.46. The summed E-state index contributed by atoms with van der Waals surface area (Å²) in [7, 11) is 0. The van der Waals surface area contributed by atoms with E-state index < -0.39 is 5.69 Å². The number of hydrogen-bond acceptors (Lipinski definition) is 3. The smallest absolute Gasteiger partial charge is 0.163 e. The normalized spacial score (nSPS) is 8.00. The first-order valence-corrected chi connectivity index (χ1v) is 2.04. The van der Waals surface area contributed by atoms with Crippen molar-refractivity contribution in [3.63, 3.8) is 0 Å². The van der Waals surface area contributed by atoms with E-state index in [0.29, 0.717) is 0 Å². The van der Waals surface area contributed by atoms with Crippen molar-refractivity contribution < 1.29 is 32.7 Å². The molecule has 0 bridgehead atoms. The predicted molar refractivity (Wildman–Crippen MR) is 28.2 cm³/mol. The van der Waals surface area contributed by atoms with Crippen LogP contribution in [0.2, 0.25) is 0 Å².